The SMILES string of the molecule is Cn1ncnc1COc1cc(F)cc(CN)c1. The minimum Gasteiger partial charge on any atom is -0.486 e. The number of hydrogen-bond acceptors (Lipinski definition) is 4. The van der Waals surface area contributed by atoms with Crippen molar-refractivity contribution < 1.29 is 9.13 Å². The molecule has 0 unspecified atom stereocenters. The van der Waals surface area contributed by atoms with Crippen molar-refractivity contribution in [3.63, 3.8) is 0 Å². The quantitative estimate of drug-likeness (QED) is 0.859. The van der Waals surface area contributed by atoms with E-state index >= 15 is 0 Å². The van der Waals surface area contributed by atoms with Gasteiger partial charge in [-0.1, -0.05) is 0 Å². The second-order valence-corrected chi connectivity index (χ2v) is 3.59. The smallest absolute Gasteiger partial charge is 0.164 e. The van der Waals surface area contributed by atoms with E-state index in [1.165, 1.54) is 18.5 Å². The lowest BCUT2D eigenvalue weighted by molar-refractivity contribution is 0.288. The summed E-state index contributed by atoms with van der Waals surface area (Å²) in [6.45, 7) is 0.516. The first-order valence-electron chi connectivity index (χ1n) is 5.14. The molecule has 5 nitrogen and oxygen atoms in total. The summed E-state index contributed by atoms with van der Waals surface area (Å²) in [5.41, 5.74) is 6.15. The molecule has 0 saturated heterocycles. The van der Waals surface area contributed by atoms with Crippen molar-refractivity contribution in [3.8, 4) is 5.75 Å². The summed E-state index contributed by atoms with van der Waals surface area (Å²) in [6.07, 6.45) is 1.44. The molecule has 2 N–H and O–H groups in total. The van der Waals surface area contributed by atoms with Gasteiger partial charge in [-0.05, 0) is 17.7 Å². The van der Waals surface area contributed by atoms with Crippen LogP contribution in [0.25, 0.3) is 0 Å². The number of benzene rings is 1. The van der Waals surface area contributed by atoms with Crippen molar-refractivity contribution in [2.75, 3.05) is 0 Å². The average Bonchev–Trinajstić information content (AvgIpc) is 2.71. The van der Waals surface area contributed by atoms with Crippen LogP contribution >= 0.6 is 0 Å². The fourth-order valence-corrected chi connectivity index (χ4v) is 1.42. The molecular formula is C11H13FN4O. The van der Waals surface area contributed by atoms with E-state index in [1.54, 1.807) is 17.8 Å². The zero-order valence-electron chi connectivity index (χ0n) is 9.43. The molecule has 0 spiro atoms. The van der Waals surface area contributed by atoms with Crippen LogP contribution in [-0.4, -0.2) is 14.8 Å². The largest absolute Gasteiger partial charge is 0.486 e. The minimum atomic E-state index is -0.360. The molecule has 0 amide bonds. The van der Waals surface area contributed by atoms with Crippen LogP contribution < -0.4 is 10.5 Å². The number of aromatic nitrogens is 3. The van der Waals surface area contributed by atoms with Crippen LogP contribution in [0.4, 0.5) is 4.39 Å². The number of hydrogen-bond donors (Lipinski definition) is 1. The third-order valence-electron chi connectivity index (χ3n) is 2.34. The third-order valence-corrected chi connectivity index (χ3v) is 2.34. The Morgan fingerprint density at radius 1 is 1.41 bits per heavy atom. The van der Waals surface area contributed by atoms with E-state index in [0.29, 0.717) is 17.1 Å². The lowest BCUT2D eigenvalue weighted by Crippen LogP contribution is -2.05. The summed E-state index contributed by atoms with van der Waals surface area (Å²) in [7, 11) is 1.77. The summed E-state index contributed by atoms with van der Waals surface area (Å²) in [5.74, 6) is 0.748. The van der Waals surface area contributed by atoms with E-state index in [0.717, 1.165) is 0 Å². The zero-order chi connectivity index (χ0) is 12.3. The Morgan fingerprint density at radius 3 is 2.88 bits per heavy atom. The molecule has 90 valence electrons. The van der Waals surface area contributed by atoms with Gasteiger partial charge in [0, 0.05) is 19.7 Å². The molecule has 0 aliphatic heterocycles. The van der Waals surface area contributed by atoms with Gasteiger partial charge >= 0.3 is 0 Å². The molecule has 0 aliphatic rings. The Bertz CT molecular complexity index is 512. The Labute approximate surface area is 98.0 Å². The molecule has 17 heavy (non-hydrogen) atoms. The highest BCUT2D eigenvalue weighted by atomic mass is 19.1. The van der Waals surface area contributed by atoms with E-state index in [9.17, 15) is 4.39 Å². The molecule has 2 rings (SSSR count). The van der Waals surface area contributed by atoms with E-state index in [1.807, 2.05) is 0 Å². The van der Waals surface area contributed by atoms with Gasteiger partial charge in [0.2, 0.25) is 0 Å². The number of nitrogens with two attached hydrogens (primary N) is 1. The van der Waals surface area contributed by atoms with Crippen molar-refractivity contribution >= 4 is 0 Å². The van der Waals surface area contributed by atoms with Crippen LogP contribution in [0.15, 0.2) is 24.5 Å². The molecule has 0 fully saturated rings. The van der Waals surface area contributed by atoms with Crippen molar-refractivity contribution in [3.05, 3.63) is 41.7 Å². The van der Waals surface area contributed by atoms with Gasteiger partial charge in [-0.25, -0.2) is 9.37 Å². The Hall–Kier alpha value is -1.95. The maximum absolute atomic E-state index is 13.2. The highest BCUT2D eigenvalue weighted by Crippen LogP contribution is 2.17. The Kier molecular flexibility index (Phi) is 3.34. The van der Waals surface area contributed by atoms with Crippen LogP contribution in [0, 0.1) is 5.82 Å². The third kappa shape index (κ3) is 2.79. The van der Waals surface area contributed by atoms with Crippen LogP contribution in [-0.2, 0) is 20.2 Å². The van der Waals surface area contributed by atoms with Crippen LogP contribution in [0.1, 0.15) is 11.4 Å². The van der Waals surface area contributed by atoms with Gasteiger partial charge < -0.3 is 10.5 Å². The Morgan fingerprint density at radius 2 is 2.24 bits per heavy atom. The number of halogens is 1. The van der Waals surface area contributed by atoms with E-state index in [4.69, 9.17) is 10.5 Å². The lowest BCUT2D eigenvalue weighted by atomic mass is 10.2. The van der Waals surface area contributed by atoms with Gasteiger partial charge in [0.15, 0.2) is 5.82 Å². The molecule has 0 saturated carbocycles. The van der Waals surface area contributed by atoms with Crippen molar-refractivity contribution in [2.24, 2.45) is 12.8 Å². The molecule has 0 aliphatic carbocycles. The molecule has 2 aromatic rings. The first kappa shape index (κ1) is 11.5. The van der Waals surface area contributed by atoms with E-state index in [-0.39, 0.29) is 19.0 Å². The molecule has 0 radical (unpaired) electrons. The van der Waals surface area contributed by atoms with Gasteiger partial charge in [-0.3, -0.25) is 4.68 Å². The highest BCUT2D eigenvalue weighted by Gasteiger charge is 2.04. The van der Waals surface area contributed by atoms with Crippen LogP contribution in [0.3, 0.4) is 0 Å². The van der Waals surface area contributed by atoms with Crippen molar-refractivity contribution in [1.29, 1.82) is 0 Å². The minimum absolute atomic E-state index is 0.240. The highest BCUT2D eigenvalue weighted by molar-refractivity contribution is 5.29. The summed E-state index contributed by atoms with van der Waals surface area (Å²) >= 11 is 0. The van der Waals surface area contributed by atoms with Crippen LogP contribution in [0.5, 0.6) is 5.75 Å². The molecule has 0 bridgehead atoms. The van der Waals surface area contributed by atoms with Gasteiger partial charge in [-0.15, -0.1) is 0 Å². The van der Waals surface area contributed by atoms with Crippen molar-refractivity contribution in [1.82, 2.24) is 14.8 Å². The average molecular weight is 236 g/mol. The van der Waals surface area contributed by atoms with Gasteiger partial charge in [-0.2, -0.15) is 5.10 Å². The lowest BCUT2D eigenvalue weighted by Gasteiger charge is -2.07. The molecule has 0 atom stereocenters. The topological polar surface area (TPSA) is 66.0 Å². The van der Waals surface area contributed by atoms with Gasteiger partial charge in [0.05, 0.1) is 0 Å². The fourth-order valence-electron chi connectivity index (χ4n) is 1.42. The normalized spacial score (nSPS) is 10.5. The molecule has 1 heterocycles. The Balaban J connectivity index is 2.09. The first-order chi connectivity index (χ1) is 8.19. The maximum Gasteiger partial charge on any atom is 0.164 e. The molecule has 1 aromatic carbocycles. The van der Waals surface area contributed by atoms with Gasteiger partial charge in [0.1, 0.15) is 24.5 Å². The second kappa shape index (κ2) is 4.92. The fraction of sp³-hybridized carbons (Fsp3) is 0.273. The zero-order valence-corrected chi connectivity index (χ0v) is 9.43. The predicted octanol–water partition coefficient (Wildman–Crippen LogP) is 0.992. The number of aryl methyl sites for hydroxylation is 1. The van der Waals surface area contributed by atoms with Gasteiger partial charge in [0.25, 0.3) is 0 Å². The predicted molar refractivity (Wildman–Crippen MR) is 59.6 cm³/mol. The number of rotatable bonds is 4. The number of ether oxygens (including phenoxy) is 1. The first-order valence-corrected chi connectivity index (χ1v) is 5.14. The number of nitrogens with zero attached hydrogens (tertiary/aromatic N) is 3. The summed E-state index contributed by atoms with van der Waals surface area (Å²) in [5, 5.41) is 3.91. The molecule has 6 heteroatoms. The summed E-state index contributed by atoms with van der Waals surface area (Å²) < 4.78 is 20.2. The van der Waals surface area contributed by atoms with E-state index < -0.39 is 0 Å². The summed E-state index contributed by atoms with van der Waals surface area (Å²) in [4.78, 5) is 4.00. The maximum atomic E-state index is 13.2. The van der Waals surface area contributed by atoms with E-state index in [2.05, 4.69) is 10.1 Å². The monoisotopic (exact) mass is 236 g/mol. The standard InChI is InChI=1S/C11H13FN4O/c1-16-11(14-7-15-16)6-17-10-3-8(5-13)2-9(12)4-10/h2-4,7H,5-6,13H2,1H3. The summed E-state index contributed by atoms with van der Waals surface area (Å²) in [6, 6.07) is 4.41. The molecule has 1 aromatic heterocycles. The second-order valence-electron chi connectivity index (χ2n) is 3.59. The molecular weight excluding hydrogens is 223 g/mol. The van der Waals surface area contributed by atoms with Crippen molar-refractivity contribution in [2.45, 2.75) is 13.2 Å². The van der Waals surface area contributed by atoms with Crippen LogP contribution in [0.2, 0.25) is 0 Å².